The summed E-state index contributed by atoms with van der Waals surface area (Å²) < 4.78 is 0. The monoisotopic (exact) mass is 168 g/mol. The third-order valence-electron chi connectivity index (χ3n) is 3.27. The molecule has 2 fully saturated rings. The van der Waals surface area contributed by atoms with Crippen LogP contribution in [0, 0.1) is 0 Å². The van der Waals surface area contributed by atoms with Crippen molar-refractivity contribution in [2.24, 2.45) is 0 Å². The Labute approximate surface area is 75.3 Å². The van der Waals surface area contributed by atoms with Gasteiger partial charge >= 0.3 is 0 Å². The standard InChI is InChI=1S/C10H20N2/c1-9(2,3)12-7-10(4)5-8(12)6-11-10/h8,11H,5-7H2,1-4H3/t8?,10-/m0/s1. The van der Waals surface area contributed by atoms with Crippen LogP contribution in [0.3, 0.4) is 0 Å². The van der Waals surface area contributed by atoms with Crippen LogP contribution in [0.4, 0.5) is 0 Å². The summed E-state index contributed by atoms with van der Waals surface area (Å²) in [5.41, 5.74) is 0.766. The predicted molar refractivity (Wildman–Crippen MR) is 51.3 cm³/mol. The van der Waals surface area contributed by atoms with Crippen LogP contribution in [-0.4, -0.2) is 35.1 Å². The molecular formula is C10H20N2. The molecule has 0 spiro atoms. The fraction of sp³-hybridized carbons (Fsp3) is 1.00. The van der Waals surface area contributed by atoms with Gasteiger partial charge in [-0.05, 0) is 34.1 Å². The maximum Gasteiger partial charge on any atom is 0.0296 e. The highest BCUT2D eigenvalue weighted by atomic mass is 15.3. The van der Waals surface area contributed by atoms with E-state index in [0.717, 1.165) is 6.04 Å². The van der Waals surface area contributed by atoms with Crippen molar-refractivity contribution in [2.75, 3.05) is 13.1 Å². The van der Waals surface area contributed by atoms with Crippen molar-refractivity contribution in [3.8, 4) is 0 Å². The minimum Gasteiger partial charge on any atom is -0.309 e. The van der Waals surface area contributed by atoms with E-state index in [1.54, 1.807) is 0 Å². The highest BCUT2D eigenvalue weighted by Gasteiger charge is 2.49. The molecule has 0 aliphatic carbocycles. The van der Waals surface area contributed by atoms with E-state index in [-0.39, 0.29) is 0 Å². The van der Waals surface area contributed by atoms with Gasteiger partial charge in [-0.2, -0.15) is 0 Å². The van der Waals surface area contributed by atoms with E-state index in [1.807, 2.05) is 0 Å². The largest absolute Gasteiger partial charge is 0.309 e. The zero-order valence-corrected chi connectivity index (χ0v) is 8.65. The van der Waals surface area contributed by atoms with Crippen molar-refractivity contribution in [1.29, 1.82) is 0 Å². The molecule has 2 nitrogen and oxygen atoms in total. The molecule has 0 radical (unpaired) electrons. The van der Waals surface area contributed by atoms with Gasteiger partial charge in [0.15, 0.2) is 0 Å². The number of hydrogen-bond acceptors (Lipinski definition) is 2. The zero-order valence-electron chi connectivity index (χ0n) is 8.65. The molecule has 1 N–H and O–H groups in total. The summed E-state index contributed by atoms with van der Waals surface area (Å²) in [6.45, 7) is 11.7. The molecule has 0 aromatic carbocycles. The van der Waals surface area contributed by atoms with Crippen LogP contribution in [0.15, 0.2) is 0 Å². The normalized spacial score (nSPS) is 42.5. The van der Waals surface area contributed by atoms with Gasteiger partial charge in [0.1, 0.15) is 0 Å². The summed E-state index contributed by atoms with van der Waals surface area (Å²) in [4.78, 5) is 2.64. The molecule has 2 aliphatic heterocycles. The van der Waals surface area contributed by atoms with Crippen LogP contribution in [0.1, 0.15) is 34.1 Å². The van der Waals surface area contributed by atoms with Crippen LogP contribution in [0.2, 0.25) is 0 Å². The van der Waals surface area contributed by atoms with Gasteiger partial charge in [-0.25, -0.2) is 0 Å². The summed E-state index contributed by atoms with van der Waals surface area (Å²) in [6.07, 6.45) is 1.34. The fourth-order valence-corrected chi connectivity index (χ4v) is 2.66. The van der Waals surface area contributed by atoms with Gasteiger partial charge in [-0.3, -0.25) is 4.90 Å². The number of hydrogen-bond donors (Lipinski definition) is 1. The van der Waals surface area contributed by atoms with E-state index < -0.39 is 0 Å². The average Bonchev–Trinajstić information content (AvgIpc) is 2.39. The third-order valence-corrected chi connectivity index (χ3v) is 3.27. The Morgan fingerprint density at radius 3 is 2.33 bits per heavy atom. The quantitative estimate of drug-likeness (QED) is 0.585. The van der Waals surface area contributed by atoms with Gasteiger partial charge in [-0.1, -0.05) is 0 Å². The summed E-state index contributed by atoms with van der Waals surface area (Å²) in [5.74, 6) is 0. The molecule has 2 aliphatic rings. The Hall–Kier alpha value is -0.0800. The molecule has 2 heterocycles. The molecule has 2 rings (SSSR count). The van der Waals surface area contributed by atoms with Crippen LogP contribution in [-0.2, 0) is 0 Å². The molecule has 12 heavy (non-hydrogen) atoms. The first kappa shape index (κ1) is 8.52. The lowest BCUT2D eigenvalue weighted by molar-refractivity contribution is 0.0942. The van der Waals surface area contributed by atoms with Gasteiger partial charge in [0.05, 0.1) is 0 Å². The number of piperazine rings is 1. The average molecular weight is 168 g/mol. The van der Waals surface area contributed by atoms with Crippen molar-refractivity contribution in [3.63, 3.8) is 0 Å². The first-order valence-corrected chi connectivity index (χ1v) is 4.93. The van der Waals surface area contributed by atoms with Crippen molar-refractivity contribution in [2.45, 2.75) is 51.2 Å². The van der Waals surface area contributed by atoms with Gasteiger partial charge in [0, 0.05) is 30.2 Å². The highest BCUT2D eigenvalue weighted by molar-refractivity contribution is 5.09. The SMILES string of the molecule is CC(C)(C)N1C[C@]2(C)CC1CN2. The molecule has 0 aromatic rings. The maximum atomic E-state index is 3.59. The Balaban J connectivity index is 2.15. The second kappa shape index (κ2) is 2.24. The lowest BCUT2D eigenvalue weighted by Crippen LogP contribution is -2.55. The van der Waals surface area contributed by atoms with E-state index in [1.165, 1.54) is 19.5 Å². The minimum atomic E-state index is 0.352. The van der Waals surface area contributed by atoms with Crippen LogP contribution in [0.5, 0.6) is 0 Å². The number of nitrogens with one attached hydrogen (secondary N) is 1. The Bertz CT molecular complexity index is 195. The molecule has 2 heteroatoms. The zero-order chi connectivity index (χ0) is 8.98. The topological polar surface area (TPSA) is 15.3 Å². The number of rotatable bonds is 0. The second-order valence-electron chi connectivity index (χ2n) is 5.60. The molecular weight excluding hydrogens is 148 g/mol. The lowest BCUT2D eigenvalue weighted by atomic mass is 10.0. The summed E-state index contributed by atoms with van der Waals surface area (Å²) in [7, 11) is 0. The number of likely N-dealkylation sites (tertiary alicyclic amines) is 1. The van der Waals surface area contributed by atoms with Crippen molar-refractivity contribution in [3.05, 3.63) is 0 Å². The summed E-state index contributed by atoms with van der Waals surface area (Å²) in [5, 5.41) is 3.59. The smallest absolute Gasteiger partial charge is 0.0296 e. The van der Waals surface area contributed by atoms with Crippen molar-refractivity contribution >= 4 is 0 Å². The van der Waals surface area contributed by atoms with Gasteiger partial charge in [0.2, 0.25) is 0 Å². The van der Waals surface area contributed by atoms with Gasteiger partial charge < -0.3 is 5.32 Å². The van der Waals surface area contributed by atoms with E-state index in [4.69, 9.17) is 0 Å². The Morgan fingerprint density at radius 2 is 2.08 bits per heavy atom. The van der Waals surface area contributed by atoms with Crippen molar-refractivity contribution in [1.82, 2.24) is 10.2 Å². The summed E-state index contributed by atoms with van der Waals surface area (Å²) in [6, 6.07) is 0.787. The number of nitrogens with zero attached hydrogens (tertiary/aromatic N) is 1. The molecule has 2 atom stereocenters. The third kappa shape index (κ3) is 1.17. The second-order valence-corrected chi connectivity index (χ2v) is 5.60. The van der Waals surface area contributed by atoms with E-state index in [0.29, 0.717) is 11.1 Å². The fourth-order valence-electron chi connectivity index (χ4n) is 2.66. The molecule has 2 saturated heterocycles. The maximum absolute atomic E-state index is 3.59. The molecule has 1 unspecified atom stereocenters. The Kier molecular flexibility index (Phi) is 1.59. The highest BCUT2D eigenvalue weighted by Crippen LogP contribution is 2.36. The molecule has 70 valence electrons. The Morgan fingerprint density at radius 1 is 1.42 bits per heavy atom. The van der Waals surface area contributed by atoms with Gasteiger partial charge in [0.25, 0.3) is 0 Å². The van der Waals surface area contributed by atoms with E-state index >= 15 is 0 Å². The predicted octanol–water partition coefficient (Wildman–Crippen LogP) is 1.22. The lowest BCUT2D eigenvalue weighted by Gasteiger charge is -2.40. The van der Waals surface area contributed by atoms with E-state index in [9.17, 15) is 0 Å². The molecule has 0 aromatic heterocycles. The first-order chi connectivity index (χ1) is 5.41. The van der Waals surface area contributed by atoms with E-state index in [2.05, 4.69) is 37.9 Å². The molecule has 0 amide bonds. The first-order valence-electron chi connectivity index (χ1n) is 4.93. The molecule has 2 bridgehead atoms. The van der Waals surface area contributed by atoms with Crippen LogP contribution >= 0.6 is 0 Å². The van der Waals surface area contributed by atoms with Crippen LogP contribution in [0.25, 0.3) is 0 Å². The van der Waals surface area contributed by atoms with Crippen LogP contribution < -0.4 is 5.32 Å². The summed E-state index contributed by atoms with van der Waals surface area (Å²) >= 11 is 0. The number of fused-ring (bicyclic) bond motifs is 2. The van der Waals surface area contributed by atoms with Crippen molar-refractivity contribution < 1.29 is 0 Å². The molecule has 0 saturated carbocycles. The van der Waals surface area contributed by atoms with Gasteiger partial charge in [-0.15, -0.1) is 0 Å². The minimum absolute atomic E-state index is 0.352.